The Morgan fingerprint density at radius 1 is 1.08 bits per heavy atom. The summed E-state index contributed by atoms with van der Waals surface area (Å²) < 4.78 is 27.9. The molecule has 0 unspecified atom stereocenters. The maximum absolute atomic E-state index is 13.2. The molecule has 8 heteroatoms. The minimum Gasteiger partial charge on any atom is -0.480 e. The van der Waals surface area contributed by atoms with Crippen LogP contribution in [0.1, 0.15) is 5.69 Å². The van der Waals surface area contributed by atoms with Crippen molar-refractivity contribution in [3.63, 3.8) is 0 Å². The van der Waals surface area contributed by atoms with Crippen molar-refractivity contribution in [3.05, 3.63) is 58.2 Å². The third-order valence-electron chi connectivity index (χ3n) is 3.93. The number of sulfone groups is 1. The molecule has 3 aromatic rings. The van der Waals surface area contributed by atoms with Crippen LogP contribution in [0.5, 0.6) is 0 Å². The van der Waals surface area contributed by atoms with E-state index < -0.39 is 15.8 Å². The standard InChI is InChI=1S/C17H13Cl2NO4S/c1-10-17(25(23,24)14-8-3-2-5-11(14)18)16-12(19)6-4-7-13(16)20(10)9-15(21)22/h2-8H,9H2,1H3,(H,21,22). The number of fused-ring (bicyclic) bond motifs is 1. The van der Waals surface area contributed by atoms with Gasteiger partial charge >= 0.3 is 5.97 Å². The van der Waals surface area contributed by atoms with Crippen LogP contribution in [0.15, 0.2) is 52.3 Å². The van der Waals surface area contributed by atoms with Crippen molar-refractivity contribution in [1.29, 1.82) is 0 Å². The molecular formula is C17H13Cl2NO4S. The second-order valence-corrected chi connectivity index (χ2v) is 8.13. The Labute approximate surface area is 154 Å². The number of aliphatic carboxylic acids is 1. The maximum atomic E-state index is 13.2. The number of nitrogens with zero attached hydrogens (tertiary/aromatic N) is 1. The molecule has 0 bridgehead atoms. The highest BCUT2D eigenvalue weighted by Gasteiger charge is 2.30. The number of rotatable bonds is 4. The smallest absolute Gasteiger partial charge is 0.323 e. The van der Waals surface area contributed by atoms with Gasteiger partial charge in [0.1, 0.15) is 11.4 Å². The summed E-state index contributed by atoms with van der Waals surface area (Å²) in [5.41, 5.74) is 0.739. The summed E-state index contributed by atoms with van der Waals surface area (Å²) in [7, 11) is -3.99. The molecule has 1 heterocycles. The first-order chi connectivity index (χ1) is 11.7. The number of carboxylic acid groups (broad SMARTS) is 1. The second kappa shape index (κ2) is 6.37. The largest absolute Gasteiger partial charge is 0.480 e. The lowest BCUT2D eigenvalue weighted by molar-refractivity contribution is -0.137. The lowest BCUT2D eigenvalue weighted by atomic mass is 10.2. The van der Waals surface area contributed by atoms with Crippen LogP contribution in [0.4, 0.5) is 0 Å². The summed E-state index contributed by atoms with van der Waals surface area (Å²) in [6.07, 6.45) is 0. The minimum atomic E-state index is -3.99. The van der Waals surface area contributed by atoms with Gasteiger partial charge in [0.2, 0.25) is 9.84 Å². The van der Waals surface area contributed by atoms with Crippen molar-refractivity contribution < 1.29 is 18.3 Å². The Morgan fingerprint density at radius 2 is 1.72 bits per heavy atom. The molecule has 130 valence electrons. The molecule has 0 spiro atoms. The number of halogens is 2. The molecule has 0 fully saturated rings. The van der Waals surface area contributed by atoms with Gasteiger partial charge in [0.25, 0.3) is 0 Å². The van der Waals surface area contributed by atoms with Crippen LogP contribution < -0.4 is 0 Å². The quantitative estimate of drug-likeness (QED) is 0.716. The van der Waals surface area contributed by atoms with Crippen LogP contribution in [0.25, 0.3) is 10.9 Å². The van der Waals surface area contributed by atoms with E-state index in [0.717, 1.165) is 0 Å². The van der Waals surface area contributed by atoms with Crippen LogP contribution in [0.3, 0.4) is 0 Å². The Kier molecular flexibility index (Phi) is 4.53. The number of aromatic nitrogens is 1. The highest BCUT2D eigenvalue weighted by atomic mass is 35.5. The van der Waals surface area contributed by atoms with Gasteiger partial charge in [-0.2, -0.15) is 0 Å². The number of carbonyl (C=O) groups is 1. The molecule has 0 saturated carbocycles. The fourth-order valence-corrected chi connectivity index (χ4v) is 5.43. The van der Waals surface area contributed by atoms with Crippen LogP contribution in [0, 0.1) is 6.92 Å². The van der Waals surface area contributed by atoms with E-state index >= 15 is 0 Å². The first kappa shape index (κ1) is 17.8. The Morgan fingerprint density at radius 3 is 2.36 bits per heavy atom. The van der Waals surface area contributed by atoms with Crippen molar-refractivity contribution in [3.8, 4) is 0 Å². The van der Waals surface area contributed by atoms with Gasteiger partial charge in [0.05, 0.1) is 20.5 Å². The van der Waals surface area contributed by atoms with Gasteiger partial charge in [-0.25, -0.2) is 8.42 Å². The molecule has 0 atom stereocenters. The number of benzene rings is 2. The Hall–Kier alpha value is -2.02. The molecule has 0 aliphatic heterocycles. The van der Waals surface area contributed by atoms with E-state index in [4.69, 9.17) is 28.3 Å². The highest BCUT2D eigenvalue weighted by molar-refractivity contribution is 7.92. The summed E-state index contributed by atoms with van der Waals surface area (Å²) >= 11 is 12.3. The van der Waals surface area contributed by atoms with Gasteiger partial charge < -0.3 is 9.67 Å². The van der Waals surface area contributed by atoms with Crippen LogP contribution in [0.2, 0.25) is 10.0 Å². The van der Waals surface area contributed by atoms with E-state index in [2.05, 4.69) is 0 Å². The van der Waals surface area contributed by atoms with Crippen molar-refractivity contribution in [2.24, 2.45) is 0 Å². The van der Waals surface area contributed by atoms with Gasteiger partial charge in [-0.05, 0) is 31.2 Å². The van der Waals surface area contributed by atoms with Gasteiger partial charge in [-0.1, -0.05) is 41.4 Å². The summed E-state index contributed by atoms with van der Waals surface area (Å²) in [6.45, 7) is 1.18. The average Bonchev–Trinajstić information content (AvgIpc) is 2.82. The Balaban J connectivity index is 2.43. The normalized spacial score (nSPS) is 11.8. The van der Waals surface area contributed by atoms with Gasteiger partial charge in [0, 0.05) is 11.1 Å². The molecule has 0 aliphatic rings. The molecule has 1 aromatic heterocycles. The molecule has 25 heavy (non-hydrogen) atoms. The molecule has 0 amide bonds. The molecule has 3 rings (SSSR count). The molecule has 0 radical (unpaired) electrons. The third kappa shape index (κ3) is 2.90. The summed E-state index contributed by atoms with van der Waals surface area (Å²) in [5.74, 6) is -1.08. The predicted octanol–water partition coefficient (Wildman–Crippen LogP) is 4.17. The van der Waals surface area contributed by atoms with Gasteiger partial charge in [-0.15, -0.1) is 0 Å². The van der Waals surface area contributed by atoms with E-state index in [1.54, 1.807) is 37.3 Å². The molecule has 1 N–H and O–H groups in total. The predicted molar refractivity (Wildman–Crippen MR) is 96.2 cm³/mol. The molecular weight excluding hydrogens is 385 g/mol. The van der Waals surface area contributed by atoms with E-state index in [0.29, 0.717) is 16.6 Å². The zero-order chi connectivity index (χ0) is 18.4. The van der Waals surface area contributed by atoms with Crippen molar-refractivity contribution in [1.82, 2.24) is 4.57 Å². The Bertz CT molecular complexity index is 1100. The minimum absolute atomic E-state index is 0.0255. The number of hydrogen-bond donors (Lipinski definition) is 1. The molecule has 0 saturated heterocycles. The number of carboxylic acids is 1. The summed E-state index contributed by atoms with van der Waals surface area (Å²) in [5, 5.41) is 9.79. The van der Waals surface area contributed by atoms with Crippen molar-refractivity contribution in [2.45, 2.75) is 23.3 Å². The van der Waals surface area contributed by atoms with E-state index in [1.807, 2.05) is 0 Å². The average molecular weight is 398 g/mol. The second-order valence-electron chi connectivity index (χ2n) is 5.46. The van der Waals surface area contributed by atoms with E-state index in [1.165, 1.54) is 16.7 Å². The SMILES string of the molecule is Cc1c(S(=O)(=O)c2ccccc2Cl)c2c(Cl)cccc2n1CC(=O)O. The van der Waals surface area contributed by atoms with Crippen LogP contribution in [-0.2, 0) is 21.2 Å². The zero-order valence-corrected chi connectivity index (χ0v) is 15.4. The highest BCUT2D eigenvalue weighted by Crippen LogP contribution is 2.39. The summed E-state index contributed by atoms with van der Waals surface area (Å²) in [6, 6.07) is 11.0. The van der Waals surface area contributed by atoms with Gasteiger partial charge in [0.15, 0.2) is 0 Å². The van der Waals surface area contributed by atoms with Crippen LogP contribution >= 0.6 is 23.2 Å². The topological polar surface area (TPSA) is 76.4 Å². The molecule has 2 aromatic carbocycles. The first-order valence-corrected chi connectivity index (χ1v) is 9.47. The number of hydrogen-bond acceptors (Lipinski definition) is 3. The third-order valence-corrected chi connectivity index (χ3v) is 6.66. The lowest BCUT2D eigenvalue weighted by Gasteiger charge is -2.08. The fourth-order valence-electron chi connectivity index (χ4n) is 2.89. The maximum Gasteiger partial charge on any atom is 0.323 e. The van der Waals surface area contributed by atoms with E-state index in [9.17, 15) is 13.2 Å². The van der Waals surface area contributed by atoms with Gasteiger partial charge in [-0.3, -0.25) is 4.79 Å². The fraction of sp³-hybridized carbons (Fsp3) is 0.118. The van der Waals surface area contributed by atoms with Crippen molar-refractivity contribution in [2.75, 3.05) is 0 Å². The van der Waals surface area contributed by atoms with Crippen molar-refractivity contribution >= 4 is 49.9 Å². The van der Waals surface area contributed by atoms with Crippen LogP contribution in [-0.4, -0.2) is 24.1 Å². The first-order valence-electron chi connectivity index (χ1n) is 7.24. The zero-order valence-electron chi connectivity index (χ0n) is 13.0. The molecule has 0 aliphatic carbocycles. The lowest BCUT2D eigenvalue weighted by Crippen LogP contribution is -2.11. The monoisotopic (exact) mass is 397 g/mol. The molecule has 5 nitrogen and oxygen atoms in total. The van der Waals surface area contributed by atoms with E-state index in [-0.39, 0.29) is 26.4 Å². The summed E-state index contributed by atoms with van der Waals surface area (Å²) in [4.78, 5) is 11.1.